The molecule has 1 aliphatic rings. The van der Waals surface area contributed by atoms with Crippen LogP contribution in [0.2, 0.25) is 0 Å². The number of carbonyl (C=O) groups is 1. The van der Waals surface area contributed by atoms with Gasteiger partial charge in [-0.25, -0.2) is 13.3 Å². The topological polar surface area (TPSA) is 55.8 Å². The van der Waals surface area contributed by atoms with Crippen LogP contribution >= 0.6 is 10.8 Å². The lowest BCUT2D eigenvalue weighted by Crippen LogP contribution is -2.31. The predicted molar refractivity (Wildman–Crippen MR) is 94.1 cm³/mol. The van der Waals surface area contributed by atoms with E-state index in [-0.39, 0.29) is 10.3 Å². The van der Waals surface area contributed by atoms with Crippen LogP contribution in [-0.4, -0.2) is 32.0 Å². The number of benzene rings is 1. The molecule has 1 unspecified atom stereocenters. The van der Waals surface area contributed by atoms with Gasteiger partial charge in [0.1, 0.15) is 5.60 Å². The summed E-state index contributed by atoms with van der Waals surface area (Å²) in [6.45, 7) is 9.79. The van der Waals surface area contributed by atoms with Crippen LogP contribution in [0.3, 0.4) is 0 Å². The van der Waals surface area contributed by atoms with Crippen molar-refractivity contribution in [3.63, 3.8) is 0 Å². The first kappa shape index (κ1) is 18.1. The lowest BCUT2D eigenvalue weighted by molar-refractivity contribution is 0.131. The molecule has 1 aromatic rings. The predicted octanol–water partition coefficient (Wildman–Crippen LogP) is 3.94. The fraction of sp³-hybridized carbons (Fsp3) is 0.562. The molecule has 7 heteroatoms. The van der Waals surface area contributed by atoms with E-state index in [0.29, 0.717) is 11.5 Å². The number of para-hydroxylation sites is 1. The highest BCUT2D eigenvalue weighted by molar-refractivity contribution is 8.68. The molecule has 1 aliphatic heterocycles. The summed E-state index contributed by atoms with van der Waals surface area (Å²) in [5.41, 5.74) is 0.690. The molecule has 0 saturated carbocycles. The second-order valence-corrected chi connectivity index (χ2v) is 10.8. The van der Waals surface area contributed by atoms with Crippen molar-refractivity contribution >= 4 is 26.9 Å². The molecular weight excluding hydrogens is 334 g/mol. The summed E-state index contributed by atoms with van der Waals surface area (Å²) in [7, 11) is 1.14. The van der Waals surface area contributed by atoms with Gasteiger partial charge in [0.15, 0.2) is 21.5 Å². The molecule has 0 spiro atoms. The van der Waals surface area contributed by atoms with Gasteiger partial charge in [0.2, 0.25) is 0 Å². The first-order valence-electron chi connectivity index (χ1n) is 7.36. The number of rotatable bonds is 3. The molecule has 0 aromatic heterocycles. The van der Waals surface area contributed by atoms with Crippen LogP contribution in [0, 0.1) is 0 Å². The first-order chi connectivity index (χ1) is 10.5. The monoisotopic (exact) mass is 357 g/mol. The molecule has 23 heavy (non-hydrogen) atoms. The van der Waals surface area contributed by atoms with Gasteiger partial charge < -0.3 is 9.47 Å². The van der Waals surface area contributed by atoms with Gasteiger partial charge in [0, 0.05) is 23.8 Å². The molecule has 0 fully saturated rings. The van der Waals surface area contributed by atoms with E-state index >= 15 is 0 Å². The maximum Gasteiger partial charge on any atom is 0.427 e. The SMILES string of the molecule is CN(C(=O)Oc1cccc2c1OC(C)(C)C2)S(=O)SC(C)(C)C. The molecule has 1 amide bonds. The average Bonchev–Trinajstić information content (AvgIpc) is 2.71. The van der Waals surface area contributed by atoms with E-state index in [9.17, 15) is 9.00 Å². The normalized spacial score (nSPS) is 17.1. The highest BCUT2D eigenvalue weighted by atomic mass is 33.1. The minimum absolute atomic E-state index is 0.222. The fourth-order valence-corrected chi connectivity index (χ4v) is 4.66. The third kappa shape index (κ3) is 4.64. The zero-order chi connectivity index (χ0) is 17.4. The van der Waals surface area contributed by atoms with E-state index in [4.69, 9.17) is 9.47 Å². The summed E-state index contributed by atoms with van der Waals surface area (Å²) in [5, 5.41) is 0. The van der Waals surface area contributed by atoms with Gasteiger partial charge >= 0.3 is 6.09 Å². The van der Waals surface area contributed by atoms with Gasteiger partial charge in [-0.2, -0.15) is 0 Å². The molecule has 1 aromatic carbocycles. The molecule has 128 valence electrons. The second kappa shape index (κ2) is 6.36. The van der Waals surface area contributed by atoms with Gasteiger partial charge in [-0.1, -0.05) is 12.1 Å². The molecule has 0 saturated heterocycles. The number of hydrogen-bond acceptors (Lipinski definition) is 5. The van der Waals surface area contributed by atoms with Crippen LogP contribution < -0.4 is 9.47 Å². The first-order valence-corrected chi connectivity index (χ1v) is 9.80. The summed E-state index contributed by atoms with van der Waals surface area (Å²) in [4.78, 5) is 12.2. The standard InChI is InChI=1S/C16H23NO4S2/c1-15(2,3)22-23(19)17(6)14(18)20-12-9-7-8-11-10-16(4,5)21-13(11)12/h7-9H,10H2,1-6H3. The second-order valence-electron chi connectivity index (χ2n) is 7.06. The summed E-state index contributed by atoms with van der Waals surface area (Å²) in [6.07, 6.45) is 0.0943. The average molecular weight is 357 g/mol. The van der Waals surface area contributed by atoms with E-state index in [1.807, 2.05) is 46.8 Å². The summed E-state index contributed by atoms with van der Waals surface area (Å²) >= 11 is 0. The van der Waals surface area contributed by atoms with Gasteiger partial charge in [0.25, 0.3) is 0 Å². The molecule has 0 aliphatic carbocycles. The van der Waals surface area contributed by atoms with Crippen molar-refractivity contribution in [1.29, 1.82) is 0 Å². The lowest BCUT2D eigenvalue weighted by atomic mass is 10.0. The van der Waals surface area contributed by atoms with Crippen LogP contribution in [0.1, 0.15) is 40.2 Å². The zero-order valence-electron chi connectivity index (χ0n) is 14.3. The maximum absolute atomic E-state index is 12.2. The van der Waals surface area contributed by atoms with Crippen molar-refractivity contribution in [2.45, 2.75) is 51.4 Å². The Morgan fingerprint density at radius 2 is 2.04 bits per heavy atom. The Balaban J connectivity index is 2.11. The van der Waals surface area contributed by atoms with Crippen molar-refractivity contribution in [2.75, 3.05) is 7.05 Å². The van der Waals surface area contributed by atoms with E-state index in [1.165, 1.54) is 17.8 Å². The number of nitrogens with zero attached hydrogens (tertiary/aromatic N) is 1. The van der Waals surface area contributed by atoms with Crippen molar-refractivity contribution in [1.82, 2.24) is 4.31 Å². The number of ether oxygens (including phenoxy) is 2. The Kier molecular flexibility index (Phi) is 5.01. The molecule has 0 bridgehead atoms. The number of amides is 1. The van der Waals surface area contributed by atoms with Crippen molar-refractivity contribution in [3.05, 3.63) is 23.8 Å². The number of hydrogen-bond donors (Lipinski definition) is 0. The molecule has 1 heterocycles. The number of fused-ring (bicyclic) bond motifs is 1. The van der Waals surface area contributed by atoms with Crippen LogP contribution in [0.15, 0.2) is 18.2 Å². The summed E-state index contributed by atoms with van der Waals surface area (Å²) < 4.78 is 24.3. The third-order valence-electron chi connectivity index (χ3n) is 3.05. The minimum Gasteiger partial charge on any atom is -0.483 e. The van der Waals surface area contributed by atoms with Crippen LogP contribution in [0.25, 0.3) is 0 Å². The Hall–Kier alpha value is -1.21. The molecule has 2 rings (SSSR count). The largest absolute Gasteiger partial charge is 0.483 e. The van der Waals surface area contributed by atoms with Crippen LogP contribution in [0.4, 0.5) is 4.79 Å². The van der Waals surface area contributed by atoms with Crippen molar-refractivity contribution in [2.24, 2.45) is 0 Å². The third-order valence-corrected chi connectivity index (χ3v) is 6.89. The molecule has 0 radical (unpaired) electrons. The van der Waals surface area contributed by atoms with Gasteiger partial charge in [-0.3, -0.25) is 0 Å². The zero-order valence-corrected chi connectivity index (χ0v) is 16.0. The van der Waals surface area contributed by atoms with E-state index in [1.54, 1.807) is 6.07 Å². The van der Waals surface area contributed by atoms with Crippen molar-refractivity contribution < 1.29 is 18.5 Å². The van der Waals surface area contributed by atoms with E-state index < -0.39 is 16.1 Å². The minimum atomic E-state index is -1.52. The van der Waals surface area contributed by atoms with E-state index in [0.717, 1.165) is 16.3 Å². The maximum atomic E-state index is 12.2. The Morgan fingerprint density at radius 3 is 2.65 bits per heavy atom. The van der Waals surface area contributed by atoms with Crippen LogP contribution in [-0.2, 0) is 16.4 Å². The summed E-state index contributed by atoms with van der Waals surface area (Å²) in [5.74, 6) is 0.955. The summed E-state index contributed by atoms with van der Waals surface area (Å²) in [6, 6.07) is 5.47. The molecular formula is C16H23NO4S2. The Labute approximate surface area is 143 Å². The highest BCUT2D eigenvalue weighted by Gasteiger charge is 2.33. The fourth-order valence-electron chi connectivity index (χ4n) is 2.16. The molecule has 0 N–H and O–H groups in total. The van der Waals surface area contributed by atoms with Gasteiger partial charge in [0.05, 0.1) is 0 Å². The quantitative estimate of drug-likeness (QED) is 0.767. The Morgan fingerprint density at radius 1 is 1.39 bits per heavy atom. The van der Waals surface area contributed by atoms with E-state index in [2.05, 4.69) is 0 Å². The number of carbonyl (C=O) groups excluding carboxylic acids is 1. The van der Waals surface area contributed by atoms with Gasteiger partial charge in [-0.15, -0.1) is 0 Å². The van der Waals surface area contributed by atoms with Crippen LogP contribution in [0.5, 0.6) is 11.5 Å². The Bertz CT molecular complexity index is 637. The molecule has 1 atom stereocenters. The van der Waals surface area contributed by atoms with Crippen molar-refractivity contribution in [3.8, 4) is 11.5 Å². The smallest absolute Gasteiger partial charge is 0.427 e. The lowest BCUT2D eigenvalue weighted by Gasteiger charge is -2.22. The van der Waals surface area contributed by atoms with Gasteiger partial charge in [-0.05, 0) is 51.5 Å². The highest BCUT2D eigenvalue weighted by Crippen LogP contribution is 2.42. The molecule has 5 nitrogen and oxygen atoms in total.